The maximum atomic E-state index is 13.0. The van der Waals surface area contributed by atoms with Crippen LogP contribution in [0.1, 0.15) is 30.6 Å². The smallest absolute Gasteiger partial charge is 0.337 e. The molecule has 0 radical (unpaired) electrons. The number of rotatable bonds is 5. The van der Waals surface area contributed by atoms with Crippen LogP contribution in [0.25, 0.3) is 21.6 Å². The molecule has 0 bridgehead atoms. The number of carbonyl (C=O) groups is 1. The molecule has 0 aliphatic carbocycles. The van der Waals surface area contributed by atoms with Gasteiger partial charge in [0.25, 0.3) is 5.56 Å². The quantitative estimate of drug-likeness (QED) is 0.764. The Morgan fingerprint density at radius 3 is 2.62 bits per heavy atom. The van der Waals surface area contributed by atoms with Crippen LogP contribution in [-0.2, 0) is 6.54 Å². The second-order valence-electron chi connectivity index (χ2n) is 6.08. The van der Waals surface area contributed by atoms with E-state index in [9.17, 15) is 14.7 Å². The number of hydrogen-bond acceptors (Lipinski definition) is 4. The summed E-state index contributed by atoms with van der Waals surface area (Å²) in [4.78, 5) is 29.5. The zero-order valence-electron chi connectivity index (χ0n) is 13.5. The molecule has 2 aromatic heterocycles. The zero-order valence-corrected chi connectivity index (χ0v) is 14.3. The lowest BCUT2D eigenvalue weighted by molar-refractivity contribution is 0.0699. The molecule has 124 valence electrons. The number of fused-ring (bicyclic) bond motifs is 1. The Labute approximate surface area is 143 Å². The molecule has 6 heteroatoms. The Morgan fingerprint density at radius 2 is 2.00 bits per heavy atom. The largest absolute Gasteiger partial charge is 0.478 e. The number of hydrogen-bond donors (Lipinski definition) is 1. The molecule has 0 fully saturated rings. The molecule has 2 heterocycles. The summed E-state index contributed by atoms with van der Waals surface area (Å²) in [5.74, 6) is -0.0757. The van der Waals surface area contributed by atoms with Gasteiger partial charge in [-0.1, -0.05) is 44.2 Å². The summed E-state index contributed by atoms with van der Waals surface area (Å²) >= 11 is 1.19. The molecule has 0 saturated heterocycles. The van der Waals surface area contributed by atoms with Gasteiger partial charge in [-0.2, -0.15) is 0 Å². The van der Waals surface area contributed by atoms with Gasteiger partial charge < -0.3 is 5.11 Å². The van der Waals surface area contributed by atoms with E-state index < -0.39 is 5.97 Å². The first-order chi connectivity index (χ1) is 11.5. The van der Waals surface area contributed by atoms with Crippen molar-refractivity contribution < 1.29 is 9.90 Å². The second-order valence-corrected chi connectivity index (χ2v) is 6.93. The van der Waals surface area contributed by atoms with Crippen LogP contribution in [0.15, 0.2) is 40.5 Å². The van der Waals surface area contributed by atoms with Crippen molar-refractivity contribution in [3.05, 3.63) is 51.6 Å². The summed E-state index contributed by atoms with van der Waals surface area (Å²) in [6.45, 7) is 4.69. The molecule has 0 aliphatic heterocycles. The van der Waals surface area contributed by atoms with Crippen molar-refractivity contribution in [3.63, 3.8) is 0 Å². The summed E-state index contributed by atoms with van der Waals surface area (Å²) in [5, 5.41) is 11.0. The van der Waals surface area contributed by atoms with Crippen LogP contribution in [0.3, 0.4) is 0 Å². The summed E-state index contributed by atoms with van der Waals surface area (Å²) in [6, 6.07) is 9.52. The van der Waals surface area contributed by atoms with Crippen molar-refractivity contribution in [2.45, 2.75) is 26.8 Å². The van der Waals surface area contributed by atoms with E-state index in [0.29, 0.717) is 23.1 Å². The highest BCUT2D eigenvalue weighted by atomic mass is 32.1. The molecule has 0 unspecified atom stereocenters. The van der Waals surface area contributed by atoms with Crippen LogP contribution >= 0.6 is 11.3 Å². The molecule has 1 aromatic carbocycles. The minimum Gasteiger partial charge on any atom is -0.478 e. The lowest BCUT2D eigenvalue weighted by atomic mass is 10.1. The summed E-state index contributed by atoms with van der Waals surface area (Å²) in [5.41, 5.74) is 0.606. The van der Waals surface area contributed by atoms with Crippen molar-refractivity contribution >= 4 is 27.5 Å². The molecule has 5 nitrogen and oxygen atoms in total. The van der Waals surface area contributed by atoms with Crippen LogP contribution in [0.2, 0.25) is 0 Å². The molecule has 0 amide bonds. The lowest BCUT2D eigenvalue weighted by Crippen LogP contribution is -2.24. The normalized spacial score (nSPS) is 11.3. The van der Waals surface area contributed by atoms with Crippen molar-refractivity contribution in [2.24, 2.45) is 5.92 Å². The van der Waals surface area contributed by atoms with E-state index >= 15 is 0 Å². The Bertz CT molecular complexity index is 942. The van der Waals surface area contributed by atoms with Gasteiger partial charge in [0.1, 0.15) is 10.7 Å². The molecular formula is C18H18N2O3S. The van der Waals surface area contributed by atoms with E-state index in [4.69, 9.17) is 0 Å². The second kappa shape index (κ2) is 6.57. The summed E-state index contributed by atoms with van der Waals surface area (Å²) in [6.07, 6.45) is 0.819. The Kier molecular flexibility index (Phi) is 4.49. The molecule has 0 atom stereocenters. The molecule has 24 heavy (non-hydrogen) atoms. The van der Waals surface area contributed by atoms with E-state index in [-0.39, 0.29) is 16.5 Å². The number of carboxylic acids is 1. The van der Waals surface area contributed by atoms with Gasteiger partial charge in [0.15, 0.2) is 0 Å². The minimum atomic E-state index is -1.09. The van der Waals surface area contributed by atoms with E-state index in [2.05, 4.69) is 18.8 Å². The number of thiophene rings is 1. The molecular weight excluding hydrogens is 324 g/mol. The standard InChI is InChI=1S/C18H18N2O3S/c1-11(2)8-9-20-15(12-6-4-3-5-7-12)19-16-14(17(20)21)13(10-24-16)18(22)23/h3-7,10-11H,8-9H2,1-2H3,(H,22,23). The number of carboxylic acid groups (broad SMARTS) is 1. The fraction of sp³-hybridized carbons (Fsp3) is 0.278. The van der Waals surface area contributed by atoms with Crippen molar-refractivity contribution in [2.75, 3.05) is 0 Å². The average Bonchev–Trinajstić information content (AvgIpc) is 2.99. The van der Waals surface area contributed by atoms with Gasteiger partial charge in [-0.05, 0) is 12.3 Å². The Morgan fingerprint density at radius 1 is 1.29 bits per heavy atom. The molecule has 0 saturated carbocycles. The van der Waals surface area contributed by atoms with Gasteiger partial charge >= 0.3 is 5.97 Å². The maximum absolute atomic E-state index is 13.0. The Hall–Kier alpha value is -2.47. The average molecular weight is 342 g/mol. The predicted octanol–water partition coefficient (Wildman–Crippen LogP) is 3.87. The van der Waals surface area contributed by atoms with Crippen molar-refractivity contribution in [1.29, 1.82) is 0 Å². The third kappa shape index (κ3) is 2.97. The predicted molar refractivity (Wildman–Crippen MR) is 95.7 cm³/mol. The number of nitrogens with zero attached hydrogens (tertiary/aromatic N) is 2. The fourth-order valence-electron chi connectivity index (χ4n) is 2.58. The topological polar surface area (TPSA) is 72.2 Å². The van der Waals surface area contributed by atoms with Gasteiger partial charge in [0.2, 0.25) is 0 Å². The van der Waals surface area contributed by atoms with Gasteiger partial charge in [-0.15, -0.1) is 11.3 Å². The van der Waals surface area contributed by atoms with E-state index in [1.165, 1.54) is 16.7 Å². The van der Waals surface area contributed by atoms with E-state index in [0.717, 1.165) is 12.0 Å². The highest BCUT2D eigenvalue weighted by Crippen LogP contribution is 2.25. The molecule has 1 N–H and O–H groups in total. The molecule has 0 spiro atoms. The fourth-order valence-corrected chi connectivity index (χ4v) is 3.49. The van der Waals surface area contributed by atoms with Crippen LogP contribution in [0.5, 0.6) is 0 Å². The molecule has 3 rings (SSSR count). The van der Waals surface area contributed by atoms with E-state index in [1.807, 2.05) is 30.3 Å². The highest BCUT2D eigenvalue weighted by Gasteiger charge is 2.20. The van der Waals surface area contributed by atoms with Gasteiger partial charge in [-0.3, -0.25) is 9.36 Å². The maximum Gasteiger partial charge on any atom is 0.337 e. The summed E-state index contributed by atoms with van der Waals surface area (Å²) < 4.78 is 1.61. The van der Waals surface area contributed by atoms with Crippen molar-refractivity contribution in [3.8, 4) is 11.4 Å². The van der Waals surface area contributed by atoms with Crippen LogP contribution in [0, 0.1) is 5.92 Å². The monoisotopic (exact) mass is 342 g/mol. The first-order valence-electron chi connectivity index (χ1n) is 7.79. The zero-order chi connectivity index (χ0) is 17.3. The van der Waals surface area contributed by atoms with Gasteiger partial charge in [-0.25, -0.2) is 9.78 Å². The van der Waals surface area contributed by atoms with Crippen LogP contribution < -0.4 is 5.56 Å². The highest BCUT2D eigenvalue weighted by molar-refractivity contribution is 7.17. The number of aromatic carboxylic acids is 1. The summed E-state index contributed by atoms with van der Waals surface area (Å²) in [7, 11) is 0. The van der Waals surface area contributed by atoms with Crippen molar-refractivity contribution in [1.82, 2.24) is 9.55 Å². The molecule has 0 aliphatic rings. The molecule has 3 aromatic rings. The third-order valence-corrected chi connectivity index (χ3v) is 4.76. The van der Waals surface area contributed by atoms with Crippen LogP contribution in [0.4, 0.5) is 0 Å². The van der Waals surface area contributed by atoms with E-state index in [1.54, 1.807) is 4.57 Å². The Balaban J connectivity index is 2.28. The lowest BCUT2D eigenvalue weighted by Gasteiger charge is -2.14. The minimum absolute atomic E-state index is 0.0328. The van der Waals surface area contributed by atoms with Gasteiger partial charge in [0, 0.05) is 17.5 Å². The first kappa shape index (κ1) is 16.4. The number of benzene rings is 1. The SMILES string of the molecule is CC(C)CCn1c(-c2ccccc2)nc2scc(C(=O)O)c2c1=O. The third-order valence-electron chi connectivity index (χ3n) is 3.89. The van der Waals surface area contributed by atoms with Gasteiger partial charge in [0.05, 0.1) is 10.9 Å². The number of aromatic nitrogens is 2. The van der Waals surface area contributed by atoms with Crippen LogP contribution in [-0.4, -0.2) is 20.6 Å². The first-order valence-corrected chi connectivity index (χ1v) is 8.67.